The lowest BCUT2D eigenvalue weighted by molar-refractivity contribution is -0.177. The second kappa shape index (κ2) is 9.60. The number of halogens is 2. The highest BCUT2D eigenvalue weighted by molar-refractivity contribution is 6.21. The largest absolute Gasteiger partial charge is 0.391 e. The molecule has 172 valence electrons. The van der Waals surface area contributed by atoms with Crippen LogP contribution in [-0.4, -0.2) is 59.1 Å². The van der Waals surface area contributed by atoms with Gasteiger partial charge in [-0.05, 0) is 57.3 Å². The lowest BCUT2D eigenvalue weighted by Crippen LogP contribution is -2.67. The molecule has 0 spiro atoms. The van der Waals surface area contributed by atoms with Crippen molar-refractivity contribution in [2.75, 3.05) is 13.2 Å². The van der Waals surface area contributed by atoms with Crippen LogP contribution in [0.3, 0.4) is 0 Å². The summed E-state index contributed by atoms with van der Waals surface area (Å²) in [7, 11) is 0. The average molecular weight is 446 g/mol. The van der Waals surface area contributed by atoms with E-state index in [0.29, 0.717) is 25.2 Å². The van der Waals surface area contributed by atoms with Crippen molar-refractivity contribution in [2.45, 2.75) is 118 Å². The van der Waals surface area contributed by atoms with Crippen molar-refractivity contribution >= 4 is 17.5 Å². The molecule has 5 aliphatic rings. The van der Waals surface area contributed by atoms with Crippen molar-refractivity contribution < 1.29 is 23.8 Å². The zero-order valence-corrected chi connectivity index (χ0v) is 18.7. The number of rotatable bonds is 7. The Balaban J connectivity index is 1.23. The highest BCUT2D eigenvalue weighted by Crippen LogP contribution is 2.49. The number of fused-ring (bicyclic) bond motifs is 3. The smallest absolute Gasteiger partial charge is 0.246 e. The van der Waals surface area contributed by atoms with Crippen LogP contribution in [-0.2, 0) is 14.3 Å². The Morgan fingerprint density at radius 2 is 1.83 bits per heavy atom. The number of amides is 1. The summed E-state index contributed by atoms with van der Waals surface area (Å²) in [5.74, 6) is 0.434. The topological polar surface area (TPSA) is 67.8 Å². The fraction of sp³-hybridized carbons (Fsp3) is 0.957. The van der Waals surface area contributed by atoms with Gasteiger partial charge < -0.3 is 19.9 Å². The van der Waals surface area contributed by atoms with E-state index in [9.17, 15) is 14.3 Å². The quantitative estimate of drug-likeness (QED) is 0.580. The van der Waals surface area contributed by atoms with Crippen molar-refractivity contribution in [2.24, 2.45) is 5.92 Å². The number of carbonyl (C=O) groups excluding carboxylic acids is 1. The van der Waals surface area contributed by atoms with E-state index in [2.05, 4.69) is 5.32 Å². The van der Waals surface area contributed by atoms with Gasteiger partial charge in [0, 0.05) is 12.8 Å². The molecule has 0 aromatic heterocycles. The van der Waals surface area contributed by atoms with Crippen molar-refractivity contribution in [3.05, 3.63) is 0 Å². The molecular weight excluding hydrogens is 409 g/mol. The second-order valence-electron chi connectivity index (χ2n) is 10.2. The van der Waals surface area contributed by atoms with Crippen LogP contribution >= 0.6 is 11.6 Å². The molecule has 0 radical (unpaired) electrons. The molecule has 2 N–H and O–H groups in total. The number of hydrogen-bond acceptors (Lipinski definition) is 4. The first-order chi connectivity index (χ1) is 14.4. The first-order valence-electron chi connectivity index (χ1n) is 11.9. The minimum absolute atomic E-state index is 0.0951. The molecule has 5 rings (SSSR count). The van der Waals surface area contributed by atoms with Gasteiger partial charge in [0.15, 0.2) is 0 Å². The van der Waals surface area contributed by atoms with Gasteiger partial charge in [-0.3, -0.25) is 4.79 Å². The number of ether oxygens (including phenoxy) is 2. The Hall–Kier alpha value is -0.430. The predicted molar refractivity (Wildman–Crippen MR) is 113 cm³/mol. The fourth-order valence-electron chi connectivity index (χ4n) is 6.00. The van der Waals surface area contributed by atoms with Gasteiger partial charge in [0.25, 0.3) is 0 Å². The zero-order chi connectivity index (χ0) is 21.2. The Morgan fingerprint density at radius 3 is 2.50 bits per heavy atom. The molecule has 4 atom stereocenters. The number of carbonyl (C=O) groups is 1. The molecule has 0 heterocycles. The minimum atomic E-state index is -1.08. The van der Waals surface area contributed by atoms with Crippen LogP contribution in [0.4, 0.5) is 4.39 Å². The summed E-state index contributed by atoms with van der Waals surface area (Å²) < 4.78 is 25.8. The molecule has 0 aliphatic heterocycles. The highest BCUT2D eigenvalue weighted by atomic mass is 35.5. The van der Waals surface area contributed by atoms with Crippen LogP contribution in [0.5, 0.6) is 0 Å². The third kappa shape index (κ3) is 5.13. The zero-order valence-electron chi connectivity index (χ0n) is 17.9. The summed E-state index contributed by atoms with van der Waals surface area (Å²) in [6.07, 6.45) is 9.83. The Kier molecular flexibility index (Phi) is 7.28. The molecule has 5 fully saturated rings. The summed E-state index contributed by atoms with van der Waals surface area (Å²) >= 11 is 5.91. The number of aliphatic hydroxyl groups excluding tert-OH is 1. The predicted octanol–water partition coefficient (Wildman–Crippen LogP) is 4.03. The molecule has 2 bridgehead atoms. The monoisotopic (exact) mass is 445 g/mol. The van der Waals surface area contributed by atoms with Crippen molar-refractivity contribution in [3.63, 3.8) is 0 Å². The maximum atomic E-state index is 13.8. The van der Waals surface area contributed by atoms with Gasteiger partial charge in [0.1, 0.15) is 12.8 Å². The van der Waals surface area contributed by atoms with E-state index < -0.39 is 23.2 Å². The SMILES string of the molecule is O=C(COC1CCC(Cl)C(F)C1)NC12CCC(OCC3CCCCC3)(CC1)CC2O. The van der Waals surface area contributed by atoms with E-state index in [1.165, 1.54) is 32.1 Å². The van der Waals surface area contributed by atoms with Gasteiger partial charge in [-0.15, -0.1) is 11.6 Å². The highest BCUT2D eigenvalue weighted by Gasteiger charge is 2.55. The number of nitrogens with one attached hydrogen (secondary N) is 1. The van der Waals surface area contributed by atoms with E-state index in [1.54, 1.807) is 0 Å². The Bertz CT molecular complexity index is 592. The maximum absolute atomic E-state index is 13.8. The molecule has 7 heteroatoms. The van der Waals surface area contributed by atoms with Gasteiger partial charge >= 0.3 is 0 Å². The van der Waals surface area contributed by atoms with Crippen LogP contribution in [0.1, 0.15) is 83.5 Å². The average Bonchev–Trinajstić information content (AvgIpc) is 2.75. The molecule has 0 aromatic carbocycles. The van der Waals surface area contributed by atoms with E-state index in [-0.39, 0.29) is 30.6 Å². The Labute approximate surface area is 184 Å². The third-order valence-electron chi connectivity index (χ3n) is 8.09. The normalized spacial score (nSPS) is 42.2. The first kappa shape index (κ1) is 22.8. The van der Waals surface area contributed by atoms with Crippen molar-refractivity contribution in [1.82, 2.24) is 5.32 Å². The van der Waals surface area contributed by atoms with Crippen LogP contribution in [0.2, 0.25) is 0 Å². The summed E-state index contributed by atoms with van der Waals surface area (Å²) in [5, 5.41) is 13.5. The van der Waals surface area contributed by atoms with Gasteiger partial charge in [0.05, 0.1) is 35.3 Å². The fourth-order valence-corrected chi connectivity index (χ4v) is 6.23. The van der Waals surface area contributed by atoms with E-state index in [1.807, 2.05) is 0 Å². The summed E-state index contributed by atoms with van der Waals surface area (Å²) in [5.41, 5.74) is -0.803. The van der Waals surface area contributed by atoms with Crippen LogP contribution in [0, 0.1) is 5.92 Å². The number of alkyl halides is 2. The third-order valence-corrected chi connectivity index (χ3v) is 8.58. The van der Waals surface area contributed by atoms with Gasteiger partial charge in [0.2, 0.25) is 5.91 Å². The van der Waals surface area contributed by atoms with Gasteiger partial charge in [-0.25, -0.2) is 4.39 Å². The molecule has 0 saturated heterocycles. The molecule has 5 aliphatic carbocycles. The second-order valence-corrected chi connectivity index (χ2v) is 10.8. The van der Waals surface area contributed by atoms with Gasteiger partial charge in [-0.2, -0.15) is 0 Å². The first-order valence-corrected chi connectivity index (χ1v) is 12.4. The summed E-state index contributed by atoms with van der Waals surface area (Å²) in [4.78, 5) is 12.5. The summed E-state index contributed by atoms with van der Waals surface area (Å²) in [6, 6.07) is 0. The Morgan fingerprint density at radius 1 is 1.10 bits per heavy atom. The molecule has 4 unspecified atom stereocenters. The molecule has 5 saturated carbocycles. The molecule has 5 nitrogen and oxygen atoms in total. The maximum Gasteiger partial charge on any atom is 0.246 e. The number of aliphatic hydroxyl groups is 1. The van der Waals surface area contributed by atoms with Crippen LogP contribution in [0.15, 0.2) is 0 Å². The molecule has 30 heavy (non-hydrogen) atoms. The lowest BCUT2D eigenvalue weighted by Gasteiger charge is -2.56. The van der Waals surface area contributed by atoms with E-state index >= 15 is 0 Å². The van der Waals surface area contributed by atoms with Crippen molar-refractivity contribution in [1.29, 1.82) is 0 Å². The number of hydrogen-bond donors (Lipinski definition) is 2. The minimum Gasteiger partial charge on any atom is -0.391 e. The van der Waals surface area contributed by atoms with E-state index in [0.717, 1.165) is 32.3 Å². The molecular formula is C23H37ClFNO4. The van der Waals surface area contributed by atoms with Crippen LogP contribution < -0.4 is 5.32 Å². The van der Waals surface area contributed by atoms with Crippen molar-refractivity contribution in [3.8, 4) is 0 Å². The van der Waals surface area contributed by atoms with E-state index in [4.69, 9.17) is 21.1 Å². The van der Waals surface area contributed by atoms with Gasteiger partial charge in [-0.1, -0.05) is 19.3 Å². The standard InChI is InChI=1S/C23H37ClFNO4/c24-18-7-6-17(12-19(18)25)29-15-21(28)26-23-10-8-22(9-11-23,13-20(23)27)30-14-16-4-2-1-3-5-16/h16-20,27H,1-15H2,(H,26,28). The molecule has 1 amide bonds. The summed E-state index contributed by atoms with van der Waals surface area (Å²) in [6.45, 7) is 0.710. The molecule has 0 aromatic rings. The van der Waals surface area contributed by atoms with Crippen LogP contribution in [0.25, 0.3) is 0 Å². The lowest BCUT2D eigenvalue weighted by atomic mass is 9.61.